The molecule has 1 aromatic carbocycles. The Morgan fingerprint density at radius 3 is 2.81 bits per heavy atom. The Labute approximate surface area is 124 Å². The van der Waals surface area contributed by atoms with Crippen LogP contribution in [0.5, 0.6) is 0 Å². The van der Waals surface area contributed by atoms with Gasteiger partial charge in [-0.2, -0.15) is 0 Å². The number of hydrogen-bond acceptors (Lipinski definition) is 3. The second-order valence-corrected chi connectivity index (χ2v) is 5.73. The molecule has 1 amide bonds. The van der Waals surface area contributed by atoms with Crippen molar-refractivity contribution in [1.29, 1.82) is 0 Å². The molecule has 2 aliphatic rings. The van der Waals surface area contributed by atoms with Crippen molar-refractivity contribution in [3.8, 4) is 0 Å². The van der Waals surface area contributed by atoms with Gasteiger partial charge in [0, 0.05) is 19.1 Å². The zero-order valence-electron chi connectivity index (χ0n) is 12.5. The molecular formula is C17H20N2O2. The van der Waals surface area contributed by atoms with Crippen LogP contribution in [0.1, 0.15) is 29.5 Å². The molecule has 2 heterocycles. The Hall–Kier alpha value is -1.94. The quantitative estimate of drug-likeness (QED) is 0.849. The zero-order valence-corrected chi connectivity index (χ0v) is 12.5. The van der Waals surface area contributed by atoms with Gasteiger partial charge in [0.25, 0.3) is 5.91 Å². The highest BCUT2D eigenvalue weighted by Crippen LogP contribution is 2.22. The van der Waals surface area contributed by atoms with Crippen molar-refractivity contribution in [2.75, 3.05) is 13.2 Å². The SMILES string of the molecule is Cc1ccc(C)c(/C=C2/N=C(C3CCOCC3)NC2=O)c1. The highest BCUT2D eigenvalue weighted by Gasteiger charge is 2.27. The van der Waals surface area contributed by atoms with Gasteiger partial charge in [0.15, 0.2) is 0 Å². The van der Waals surface area contributed by atoms with Gasteiger partial charge in [0.1, 0.15) is 11.5 Å². The van der Waals surface area contributed by atoms with Crippen LogP contribution < -0.4 is 5.32 Å². The molecule has 4 nitrogen and oxygen atoms in total. The molecule has 4 heteroatoms. The van der Waals surface area contributed by atoms with Crippen molar-refractivity contribution < 1.29 is 9.53 Å². The Bertz CT molecular complexity index is 626. The molecule has 0 aliphatic carbocycles. The number of aryl methyl sites for hydroxylation is 2. The topological polar surface area (TPSA) is 50.7 Å². The lowest BCUT2D eigenvalue weighted by molar-refractivity contribution is -0.115. The highest BCUT2D eigenvalue weighted by molar-refractivity contribution is 6.15. The van der Waals surface area contributed by atoms with E-state index in [0.29, 0.717) is 11.6 Å². The minimum Gasteiger partial charge on any atom is -0.381 e. The number of nitrogens with one attached hydrogen (secondary N) is 1. The standard InChI is InChI=1S/C17H20N2O2/c1-11-3-4-12(2)14(9-11)10-15-17(20)19-16(18-15)13-5-7-21-8-6-13/h3-4,9-10,13H,5-8H2,1-2H3,(H,18,19,20)/b15-10+. The van der Waals surface area contributed by atoms with E-state index in [1.54, 1.807) is 0 Å². The molecule has 1 saturated heterocycles. The number of rotatable bonds is 2. The fraction of sp³-hybridized carbons (Fsp3) is 0.412. The van der Waals surface area contributed by atoms with Crippen molar-refractivity contribution in [3.05, 3.63) is 40.6 Å². The summed E-state index contributed by atoms with van der Waals surface area (Å²) in [7, 11) is 0. The monoisotopic (exact) mass is 284 g/mol. The molecule has 0 aromatic heterocycles. The van der Waals surface area contributed by atoms with E-state index in [1.807, 2.05) is 19.9 Å². The number of aliphatic imine (C=N–C) groups is 1. The summed E-state index contributed by atoms with van der Waals surface area (Å²) in [5, 5.41) is 2.92. The van der Waals surface area contributed by atoms with Crippen molar-refractivity contribution in [1.82, 2.24) is 5.32 Å². The van der Waals surface area contributed by atoms with E-state index in [-0.39, 0.29) is 5.91 Å². The van der Waals surface area contributed by atoms with E-state index in [1.165, 1.54) is 5.56 Å². The van der Waals surface area contributed by atoms with Gasteiger partial charge in [-0.05, 0) is 43.9 Å². The van der Waals surface area contributed by atoms with E-state index >= 15 is 0 Å². The van der Waals surface area contributed by atoms with E-state index in [9.17, 15) is 4.79 Å². The molecule has 0 atom stereocenters. The number of nitrogens with zero attached hydrogens (tertiary/aromatic N) is 1. The number of carbonyl (C=O) groups excluding carboxylic acids is 1. The number of benzene rings is 1. The molecule has 1 fully saturated rings. The lowest BCUT2D eigenvalue weighted by Gasteiger charge is -2.21. The van der Waals surface area contributed by atoms with Crippen molar-refractivity contribution >= 4 is 17.8 Å². The summed E-state index contributed by atoms with van der Waals surface area (Å²) in [6.07, 6.45) is 3.73. The van der Waals surface area contributed by atoms with Gasteiger partial charge in [-0.15, -0.1) is 0 Å². The number of ether oxygens (including phenoxy) is 1. The van der Waals surface area contributed by atoms with Crippen LogP contribution in [0.25, 0.3) is 6.08 Å². The van der Waals surface area contributed by atoms with Gasteiger partial charge < -0.3 is 10.1 Å². The lowest BCUT2D eigenvalue weighted by Crippen LogP contribution is -2.33. The second-order valence-electron chi connectivity index (χ2n) is 5.73. The van der Waals surface area contributed by atoms with Crippen LogP contribution in [0.3, 0.4) is 0 Å². The molecule has 1 N–H and O–H groups in total. The third kappa shape index (κ3) is 3.05. The first-order chi connectivity index (χ1) is 10.1. The molecule has 21 heavy (non-hydrogen) atoms. The maximum atomic E-state index is 12.1. The third-order valence-corrected chi connectivity index (χ3v) is 4.05. The summed E-state index contributed by atoms with van der Waals surface area (Å²) in [5.41, 5.74) is 3.89. The summed E-state index contributed by atoms with van der Waals surface area (Å²) in [6, 6.07) is 6.22. The van der Waals surface area contributed by atoms with Gasteiger partial charge in [0.05, 0.1) is 0 Å². The summed E-state index contributed by atoms with van der Waals surface area (Å²) >= 11 is 0. The first kappa shape index (κ1) is 14.0. The summed E-state index contributed by atoms with van der Waals surface area (Å²) in [6.45, 7) is 5.58. The Morgan fingerprint density at radius 2 is 2.05 bits per heavy atom. The predicted octanol–water partition coefficient (Wildman–Crippen LogP) is 2.60. The Morgan fingerprint density at radius 1 is 1.29 bits per heavy atom. The van der Waals surface area contributed by atoms with Crippen LogP contribution in [-0.4, -0.2) is 25.0 Å². The average Bonchev–Trinajstić information content (AvgIpc) is 2.85. The van der Waals surface area contributed by atoms with E-state index in [0.717, 1.165) is 43.0 Å². The van der Waals surface area contributed by atoms with Crippen LogP contribution in [0.2, 0.25) is 0 Å². The maximum absolute atomic E-state index is 12.1. The minimum absolute atomic E-state index is 0.0996. The summed E-state index contributed by atoms with van der Waals surface area (Å²) < 4.78 is 5.36. The molecule has 3 rings (SSSR count). The number of carbonyl (C=O) groups is 1. The summed E-state index contributed by atoms with van der Waals surface area (Å²) in [4.78, 5) is 16.6. The van der Waals surface area contributed by atoms with Crippen molar-refractivity contribution in [2.45, 2.75) is 26.7 Å². The normalized spacial score (nSPS) is 21.5. The molecule has 0 unspecified atom stereocenters. The first-order valence-corrected chi connectivity index (χ1v) is 7.40. The fourth-order valence-electron chi connectivity index (χ4n) is 2.71. The van der Waals surface area contributed by atoms with Gasteiger partial charge in [-0.3, -0.25) is 4.79 Å². The Balaban J connectivity index is 1.87. The molecule has 2 aliphatic heterocycles. The second kappa shape index (κ2) is 5.82. The molecular weight excluding hydrogens is 264 g/mol. The highest BCUT2D eigenvalue weighted by atomic mass is 16.5. The molecule has 0 bridgehead atoms. The van der Waals surface area contributed by atoms with Gasteiger partial charge in [-0.1, -0.05) is 23.8 Å². The predicted molar refractivity (Wildman–Crippen MR) is 83.0 cm³/mol. The van der Waals surface area contributed by atoms with Crippen LogP contribution in [0.15, 0.2) is 28.9 Å². The van der Waals surface area contributed by atoms with E-state index < -0.39 is 0 Å². The zero-order chi connectivity index (χ0) is 14.8. The van der Waals surface area contributed by atoms with Crippen molar-refractivity contribution in [2.24, 2.45) is 10.9 Å². The Kier molecular flexibility index (Phi) is 3.88. The van der Waals surface area contributed by atoms with E-state index in [2.05, 4.69) is 28.5 Å². The van der Waals surface area contributed by atoms with Crippen molar-refractivity contribution in [3.63, 3.8) is 0 Å². The van der Waals surface area contributed by atoms with Crippen LogP contribution in [0.4, 0.5) is 0 Å². The molecule has 1 aromatic rings. The van der Waals surface area contributed by atoms with Crippen LogP contribution >= 0.6 is 0 Å². The lowest BCUT2D eigenvalue weighted by atomic mass is 9.99. The number of amides is 1. The first-order valence-electron chi connectivity index (χ1n) is 7.40. The average molecular weight is 284 g/mol. The van der Waals surface area contributed by atoms with Gasteiger partial charge in [0.2, 0.25) is 0 Å². The number of amidine groups is 1. The van der Waals surface area contributed by atoms with Crippen LogP contribution in [-0.2, 0) is 9.53 Å². The number of hydrogen-bond donors (Lipinski definition) is 1. The largest absolute Gasteiger partial charge is 0.381 e. The molecule has 110 valence electrons. The molecule has 0 spiro atoms. The molecule has 0 saturated carbocycles. The van der Waals surface area contributed by atoms with E-state index in [4.69, 9.17) is 4.74 Å². The minimum atomic E-state index is -0.0996. The fourth-order valence-corrected chi connectivity index (χ4v) is 2.71. The van der Waals surface area contributed by atoms with Gasteiger partial charge in [-0.25, -0.2) is 4.99 Å². The van der Waals surface area contributed by atoms with Crippen LogP contribution in [0, 0.1) is 19.8 Å². The third-order valence-electron chi connectivity index (χ3n) is 4.05. The maximum Gasteiger partial charge on any atom is 0.275 e. The van der Waals surface area contributed by atoms with Gasteiger partial charge >= 0.3 is 0 Å². The smallest absolute Gasteiger partial charge is 0.275 e. The summed E-state index contributed by atoms with van der Waals surface area (Å²) in [5.74, 6) is 1.02. The molecule has 0 radical (unpaired) electrons.